The van der Waals surface area contributed by atoms with Gasteiger partial charge in [-0.05, 0) is 11.6 Å². The Labute approximate surface area is 117 Å². The standard InChI is InChI=1S/C15H16N2O3/c1-16(2)14-9-8-13(17(18)19)10-15(14)20-11-12-6-4-3-5-7-12/h3-10H,11H2,1-2H3. The minimum absolute atomic E-state index is 0.0265. The SMILES string of the molecule is CN(C)c1ccc([N+](=O)[O-])cc1OCc1ccccc1. The van der Waals surface area contributed by atoms with Gasteiger partial charge in [0, 0.05) is 20.2 Å². The van der Waals surface area contributed by atoms with Crippen LogP contribution in [0.4, 0.5) is 11.4 Å². The largest absolute Gasteiger partial charge is 0.486 e. The number of rotatable bonds is 5. The Balaban J connectivity index is 2.24. The lowest BCUT2D eigenvalue weighted by Gasteiger charge is -2.17. The normalized spacial score (nSPS) is 10.1. The molecular weight excluding hydrogens is 256 g/mol. The molecule has 0 atom stereocenters. The van der Waals surface area contributed by atoms with Crippen LogP contribution in [-0.4, -0.2) is 19.0 Å². The van der Waals surface area contributed by atoms with Gasteiger partial charge in [0.1, 0.15) is 12.4 Å². The minimum Gasteiger partial charge on any atom is -0.486 e. The molecule has 104 valence electrons. The lowest BCUT2D eigenvalue weighted by Crippen LogP contribution is -2.11. The zero-order valence-corrected chi connectivity index (χ0v) is 11.4. The summed E-state index contributed by atoms with van der Waals surface area (Å²) in [7, 11) is 3.74. The molecule has 0 saturated heterocycles. The molecule has 0 aliphatic carbocycles. The Kier molecular flexibility index (Phi) is 4.20. The number of benzene rings is 2. The number of ether oxygens (including phenoxy) is 1. The molecule has 20 heavy (non-hydrogen) atoms. The molecule has 0 aliphatic heterocycles. The van der Waals surface area contributed by atoms with Gasteiger partial charge >= 0.3 is 0 Å². The van der Waals surface area contributed by atoms with E-state index in [9.17, 15) is 10.1 Å². The molecule has 2 aromatic rings. The van der Waals surface area contributed by atoms with E-state index in [1.165, 1.54) is 12.1 Å². The van der Waals surface area contributed by atoms with Crippen LogP contribution < -0.4 is 9.64 Å². The van der Waals surface area contributed by atoms with Crippen molar-refractivity contribution in [2.45, 2.75) is 6.61 Å². The van der Waals surface area contributed by atoms with Crippen molar-refractivity contribution in [2.75, 3.05) is 19.0 Å². The van der Waals surface area contributed by atoms with Gasteiger partial charge in [0.15, 0.2) is 0 Å². The number of nitro benzene ring substituents is 1. The van der Waals surface area contributed by atoms with Gasteiger partial charge in [-0.25, -0.2) is 0 Å². The highest BCUT2D eigenvalue weighted by Crippen LogP contribution is 2.31. The summed E-state index contributed by atoms with van der Waals surface area (Å²) in [5.41, 5.74) is 1.86. The van der Waals surface area contributed by atoms with Crippen molar-refractivity contribution < 1.29 is 9.66 Å². The smallest absolute Gasteiger partial charge is 0.273 e. The van der Waals surface area contributed by atoms with Crippen LogP contribution in [0.15, 0.2) is 48.5 Å². The summed E-state index contributed by atoms with van der Waals surface area (Å²) in [6.07, 6.45) is 0. The van der Waals surface area contributed by atoms with Gasteiger partial charge < -0.3 is 9.64 Å². The van der Waals surface area contributed by atoms with E-state index in [1.807, 2.05) is 49.3 Å². The van der Waals surface area contributed by atoms with Crippen molar-refractivity contribution in [3.05, 3.63) is 64.2 Å². The highest BCUT2D eigenvalue weighted by molar-refractivity contribution is 5.61. The Hall–Kier alpha value is -2.56. The predicted molar refractivity (Wildman–Crippen MR) is 78.2 cm³/mol. The summed E-state index contributed by atoms with van der Waals surface area (Å²) < 4.78 is 5.73. The Bertz CT molecular complexity index is 597. The quantitative estimate of drug-likeness (QED) is 0.619. The topological polar surface area (TPSA) is 55.6 Å². The van der Waals surface area contributed by atoms with Gasteiger partial charge in [-0.1, -0.05) is 30.3 Å². The number of nitrogens with zero attached hydrogens (tertiary/aromatic N) is 2. The summed E-state index contributed by atoms with van der Waals surface area (Å²) >= 11 is 0. The second-order valence-corrected chi connectivity index (χ2v) is 4.58. The molecule has 0 aromatic heterocycles. The Morgan fingerprint density at radius 1 is 1.15 bits per heavy atom. The molecule has 0 spiro atoms. The maximum atomic E-state index is 10.8. The van der Waals surface area contributed by atoms with Crippen molar-refractivity contribution in [3.63, 3.8) is 0 Å². The number of anilines is 1. The van der Waals surface area contributed by atoms with E-state index >= 15 is 0 Å². The molecule has 5 nitrogen and oxygen atoms in total. The molecule has 0 heterocycles. The fraction of sp³-hybridized carbons (Fsp3) is 0.200. The van der Waals surface area contributed by atoms with Crippen molar-refractivity contribution in [2.24, 2.45) is 0 Å². The summed E-state index contributed by atoms with van der Waals surface area (Å²) in [6, 6.07) is 14.3. The lowest BCUT2D eigenvalue weighted by atomic mass is 10.2. The van der Waals surface area contributed by atoms with Crippen LogP contribution in [0.25, 0.3) is 0 Å². The average molecular weight is 272 g/mol. The van der Waals surface area contributed by atoms with Crippen molar-refractivity contribution in [1.29, 1.82) is 0 Å². The molecule has 2 rings (SSSR count). The van der Waals surface area contributed by atoms with Gasteiger partial charge in [-0.15, -0.1) is 0 Å². The van der Waals surface area contributed by atoms with E-state index in [0.29, 0.717) is 12.4 Å². The molecule has 0 bridgehead atoms. The third-order valence-corrected chi connectivity index (χ3v) is 2.87. The first-order valence-corrected chi connectivity index (χ1v) is 6.20. The van der Waals surface area contributed by atoms with Crippen molar-refractivity contribution in [1.82, 2.24) is 0 Å². The summed E-state index contributed by atoms with van der Waals surface area (Å²) in [6.45, 7) is 0.378. The van der Waals surface area contributed by atoms with Gasteiger partial charge in [0.05, 0.1) is 16.7 Å². The van der Waals surface area contributed by atoms with E-state index in [1.54, 1.807) is 6.07 Å². The third-order valence-electron chi connectivity index (χ3n) is 2.87. The van der Waals surface area contributed by atoms with Crippen LogP contribution in [0.5, 0.6) is 5.75 Å². The van der Waals surface area contributed by atoms with Gasteiger partial charge in [0.2, 0.25) is 0 Å². The molecule has 0 N–H and O–H groups in total. The number of hydrogen-bond donors (Lipinski definition) is 0. The van der Waals surface area contributed by atoms with E-state index in [0.717, 1.165) is 11.3 Å². The average Bonchev–Trinajstić information content (AvgIpc) is 2.45. The predicted octanol–water partition coefficient (Wildman–Crippen LogP) is 3.24. The molecule has 5 heteroatoms. The zero-order valence-electron chi connectivity index (χ0n) is 11.4. The first-order chi connectivity index (χ1) is 9.58. The van der Waals surface area contributed by atoms with E-state index in [4.69, 9.17) is 4.74 Å². The summed E-state index contributed by atoms with van der Waals surface area (Å²) in [5.74, 6) is 0.507. The number of non-ortho nitro benzene ring substituents is 1. The number of nitro groups is 1. The zero-order chi connectivity index (χ0) is 14.5. The maximum absolute atomic E-state index is 10.8. The molecule has 0 unspecified atom stereocenters. The van der Waals surface area contributed by atoms with Crippen LogP contribution in [0.3, 0.4) is 0 Å². The molecule has 0 radical (unpaired) electrons. The van der Waals surface area contributed by atoms with Gasteiger partial charge in [0.25, 0.3) is 5.69 Å². The van der Waals surface area contributed by atoms with Gasteiger partial charge in [-0.2, -0.15) is 0 Å². The van der Waals surface area contributed by atoms with E-state index in [-0.39, 0.29) is 5.69 Å². The highest BCUT2D eigenvalue weighted by Gasteiger charge is 2.13. The van der Waals surface area contributed by atoms with Gasteiger partial charge in [-0.3, -0.25) is 10.1 Å². The van der Waals surface area contributed by atoms with Crippen molar-refractivity contribution >= 4 is 11.4 Å². The molecule has 0 fully saturated rings. The lowest BCUT2D eigenvalue weighted by molar-refractivity contribution is -0.384. The van der Waals surface area contributed by atoms with Crippen LogP contribution >= 0.6 is 0 Å². The molecule has 0 amide bonds. The fourth-order valence-corrected chi connectivity index (χ4v) is 1.84. The second-order valence-electron chi connectivity index (χ2n) is 4.58. The van der Waals surface area contributed by atoms with E-state index in [2.05, 4.69) is 0 Å². The third kappa shape index (κ3) is 3.26. The molecule has 0 aliphatic rings. The van der Waals surface area contributed by atoms with Crippen molar-refractivity contribution in [3.8, 4) is 5.75 Å². The Morgan fingerprint density at radius 3 is 2.45 bits per heavy atom. The second kappa shape index (κ2) is 6.06. The first kappa shape index (κ1) is 13.9. The molecule has 0 saturated carbocycles. The summed E-state index contributed by atoms with van der Waals surface area (Å²) in [4.78, 5) is 12.3. The van der Waals surface area contributed by atoms with Crippen LogP contribution in [0, 0.1) is 10.1 Å². The molecule has 2 aromatic carbocycles. The summed E-state index contributed by atoms with van der Waals surface area (Å²) in [5, 5.41) is 10.8. The van der Waals surface area contributed by atoms with Crippen LogP contribution in [0.2, 0.25) is 0 Å². The molecular formula is C15H16N2O3. The fourth-order valence-electron chi connectivity index (χ4n) is 1.84. The maximum Gasteiger partial charge on any atom is 0.273 e. The highest BCUT2D eigenvalue weighted by atomic mass is 16.6. The monoisotopic (exact) mass is 272 g/mol. The first-order valence-electron chi connectivity index (χ1n) is 6.20. The Morgan fingerprint density at radius 2 is 1.85 bits per heavy atom. The number of hydrogen-bond acceptors (Lipinski definition) is 4. The van der Waals surface area contributed by atoms with E-state index < -0.39 is 4.92 Å². The van der Waals surface area contributed by atoms with Crippen LogP contribution in [0.1, 0.15) is 5.56 Å². The minimum atomic E-state index is -0.422. The van der Waals surface area contributed by atoms with Crippen LogP contribution in [-0.2, 0) is 6.61 Å².